The number of aromatic nitrogens is 5. The summed E-state index contributed by atoms with van der Waals surface area (Å²) < 4.78 is 12.2. The molecular weight excluding hydrogens is 667 g/mol. The molecule has 7 heteroatoms. The summed E-state index contributed by atoms with van der Waals surface area (Å²) in [6.45, 7) is 0. The van der Waals surface area contributed by atoms with Crippen LogP contribution in [0.5, 0.6) is 0 Å². The van der Waals surface area contributed by atoms with Crippen LogP contribution >= 0.6 is 0 Å². The fraction of sp³-hybridized carbons (Fsp3) is 0. The van der Waals surface area contributed by atoms with Crippen LogP contribution in [0, 0.1) is 0 Å². The molecule has 54 heavy (non-hydrogen) atoms. The zero-order valence-corrected chi connectivity index (χ0v) is 28.6. The van der Waals surface area contributed by atoms with Crippen molar-refractivity contribution in [1.82, 2.24) is 24.9 Å². The van der Waals surface area contributed by atoms with Gasteiger partial charge >= 0.3 is 0 Å². The first-order valence-electron chi connectivity index (χ1n) is 17.7. The Morgan fingerprint density at radius 3 is 1.48 bits per heavy atom. The van der Waals surface area contributed by atoms with Crippen molar-refractivity contribution in [3.05, 3.63) is 164 Å². The van der Waals surface area contributed by atoms with Gasteiger partial charge in [0.15, 0.2) is 17.5 Å². The first-order chi connectivity index (χ1) is 26.8. The predicted octanol–water partition coefficient (Wildman–Crippen LogP) is 11.9. The van der Waals surface area contributed by atoms with Gasteiger partial charge in [-0.2, -0.15) is 0 Å². The minimum absolute atomic E-state index is 0.566. The van der Waals surface area contributed by atoms with E-state index in [0.717, 1.165) is 82.4 Å². The summed E-state index contributed by atoms with van der Waals surface area (Å²) in [6.07, 6.45) is 3.50. The summed E-state index contributed by atoms with van der Waals surface area (Å²) in [5.41, 5.74) is 9.93. The normalized spacial score (nSPS) is 11.7. The molecule has 5 heterocycles. The molecule has 0 aliphatic heterocycles. The summed E-state index contributed by atoms with van der Waals surface area (Å²) in [7, 11) is 0. The summed E-state index contributed by atoms with van der Waals surface area (Å²) in [5, 5.41) is 6.08. The van der Waals surface area contributed by atoms with E-state index in [-0.39, 0.29) is 0 Å². The Hall–Kier alpha value is -7.51. The molecular formula is C47H27N5O2. The van der Waals surface area contributed by atoms with Crippen LogP contribution in [0.15, 0.2) is 173 Å². The van der Waals surface area contributed by atoms with Crippen LogP contribution < -0.4 is 0 Å². The van der Waals surface area contributed by atoms with Crippen molar-refractivity contribution in [3.63, 3.8) is 0 Å². The number of benzene rings is 6. The largest absolute Gasteiger partial charge is 0.438 e. The molecule has 0 amide bonds. The first-order valence-corrected chi connectivity index (χ1v) is 17.7. The Bertz CT molecular complexity index is 3220. The minimum Gasteiger partial charge on any atom is -0.438 e. The molecule has 11 rings (SSSR count). The van der Waals surface area contributed by atoms with E-state index in [9.17, 15) is 0 Å². The van der Waals surface area contributed by atoms with Gasteiger partial charge in [0.05, 0.1) is 0 Å². The van der Waals surface area contributed by atoms with E-state index in [1.54, 1.807) is 12.4 Å². The Kier molecular flexibility index (Phi) is 6.72. The summed E-state index contributed by atoms with van der Waals surface area (Å²) in [6, 6.07) is 51.6. The Balaban J connectivity index is 1.06. The highest BCUT2D eigenvalue weighted by atomic mass is 16.3. The molecule has 0 saturated heterocycles. The molecule has 0 saturated carbocycles. The smallest absolute Gasteiger partial charge is 0.227 e. The maximum atomic E-state index is 6.13. The maximum absolute atomic E-state index is 6.13. The molecule has 6 aromatic carbocycles. The van der Waals surface area contributed by atoms with Crippen LogP contribution in [0.1, 0.15) is 0 Å². The summed E-state index contributed by atoms with van der Waals surface area (Å²) in [4.78, 5) is 24.2. The minimum atomic E-state index is 0.566. The highest BCUT2D eigenvalue weighted by Crippen LogP contribution is 2.40. The lowest BCUT2D eigenvalue weighted by molar-refractivity contribution is 0.653. The summed E-state index contributed by atoms with van der Waals surface area (Å²) >= 11 is 0. The van der Waals surface area contributed by atoms with Crippen LogP contribution in [0.4, 0.5) is 0 Å². The van der Waals surface area contributed by atoms with Gasteiger partial charge in [-0.1, -0.05) is 109 Å². The molecule has 5 aromatic heterocycles. The molecule has 252 valence electrons. The van der Waals surface area contributed by atoms with E-state index in [1.165, 1.54) is 0 Å². The van der Waals surface area contributed by atoms with Crippen molar-refractivity contribution in [1.29, 1.82) is 0 Å². The van der Waals surface area contributed by atoms with E-state index in [2.05, 4.69) is 82.8 Å². The van der Waals surface area contributed by atoms with Crippen LogP contribution in [-0.2, 0) is 0 Å². The Morgan fingerprint density at radius 2 is 0.815 bits per heavy atom. The lowest BCUT2D eigenvalue weighted by Gasteiger charge is -2.14. The molecule has 7 nitrogen and oxygen atoms in total. The Morgan fingerprint density at radius 1 is 0.315 bits per heavy atom. The van der Waals surface area contributed by atoms with Gasteiger partial charge in [0.1, 0.15) is 11.2 Å². The van der Waals surface area contributed by atoms with Gasteiger partial charge in [0, 0.05) is 50.6 Å². The van der Waals surface area contributed by atoms with Crippen molar-refractivity contribution in [2.75, 3.05) is 0 Å². The molecule has 0 unspecified atom stereocenters. The number of fused-ring (bicyclic) bond motifs is 7. The third-order valence-electron chi connectivity index (χ3n) is 10.1. The van der Waals surface area contributed by atoms with Gasteiger partial charge in [0.2, 0.25) is 11.4 Å². The van der Waals surface area contributed by atoms with Gasteiger partial charge < -0.3 is 8.83 Å². The highest BCUT2D eigenvalue weighted by molar-refractivity contribution is 6.12. The van der Waals surface area contributed by atoms with Gasteiger partial charge in [-0.25, -0.2) is 24.9 Å². The number of pyridine rings is 2. The topological polar surface area (TPSA) is 90.7 Å². The number of furan rings is 2. The van der Waals surface area contributed by atoms with Gasteiger partial charge in [0.25, 0.3) is 0 Å². The van der Waals surface area contributed by atoms with Crippen molar-refractivity contribution in [2.24, 2.45) is 0 Å². The van der Waals surface area contributed by atoms with Crippen molar-refractivity contribution in [2.45, 2.75) is 0 Å². The molecule has 0 spiro atoms. The molecule has 0 aliphatic carbocycles. The van der Waals surface area contributed by atoms with Gasteiger partial charge in [-0.15, -0.1) is 0 Å². The fourth-order valence-corrected chi connectivity index (χ4v) is 7.66. The number of rotatable bonds is 5. The van der Waals surface area contributed by atoms with Crippen LogP contribution in [-0.4, -0.2) is 24.9 Å². The second kappa shape index (κ2) is 12.0. The van der Waals surface area contributed by atoms with E-state index in [1.807, 2.05) is 78.9 Å². The molecule has 0 aliphatic rings. The second-order valence-corrected chi connectivity index (χ2v) is 13.2. The first kappa shape index (κ1) is 30.1. The van der Waals surface area contributed by atoms with Crippen molar-refractivity contribution >= 4 is 54.9 Å². The Labute approximate surface area is 308 Å². The zero-order valence-electron chi connectivity index (χ0n) is 28.6. The quantitative estimate of drug-likeness (QED) is 0.177. The lowest BCUT2D eigenvalue weighted by atomic mass is 9.93. The zero-order chi connectivity index (χ0) is 35.6. The third kappa shape index (κ3) is 4.79. The number of hydrogen-bond acceptors (Lipinski definition) is 7. The van der Waals surface area contributed by atoms with Gasteiger partial charge in [-0.05, 0) is 75.5 Å². The molecule has 0 radical (unpaired) electrons. The monoisotopic (exact) mass is 693 g/mol. The molecule has 0 fully saturated rings. The highest BCUT2D eigenvalue weighted by Gasteiger charge is 2.20. The second-order valence-electron chi connectivity index (χ2n) is 13.2. The van der Waals surface area contributed by atoms with E-state index < -0.39 is 0 Å². The van der Waals surface area contributed by atoms with E-state index >= 15 is 0 Å². The SMILES string of the molecule is c1ccc(-c2nc(-c3ccc(-c4ccc(-c5cccc6oc7ncccc7c56)cc4)c4ccccc34)nc(-c3cccc4oc5ncccc5c34)n2)cc1. The van der Waals surface area contributed by atoms with Gasteiger partial charge in [-0.3, -0.25) is 0 Å². The average molecular weight is 694 g/mol. The van der Waals surface area contributed by atoms with E-state index in [0.29, 0.717) is 28.9 Å². The van der Waals surface area contributed by atoms with Crippen molar-refractivity contribution < 1.29 is 8.83 Å². The molecule has 0 bridgehead atoms. The van der Waals surface area contributed by atoms with Crippen LogP contribution in [0.2, 0.25) is 0 Å². The van der Waals surface area contributed by atoms with Crippen LogP contribution in [0.25, 0.3) is 111 Å². The molecule has 11 aromatic rings. The standard InChI is InChI=1S/C47H27N5O2/c1-2-10-30(11-3-1)43-50-44(52-45(51-43)36-15-7-19-40-42(36)38-17-9-27-49-47(38)54-40)35-25-24-31(33-12-4-5-13-34(33)35)28-20-22-29(23-21-28)32-14-6-18-39-41(32)37-16-8-26-48-46(37)53-39/h1-27H. The summed E-state index contributed by atoms with van der Waals surface area (Å²) in [5.74, 6) is 1.75. The molecule has 0 atom stereocenters. The predicted molar refractivity (Wildman–Crippen MR) is 215 cm³/mol. The number of hydrogen-bond donors (Lipinski definition) is 0. The third-order valence-corrected chi connectivity index (χ3v) is 10.1. The fourth-order valence-electron chi connectivity index (χ4n) is 7.66. The molecule has 0 N–H and O–H groups in total. The maximum Gasteiger partial charge on any atom is 0.227 e. The lowest BCUT2D eigenvalue weighted by Crippen LogP contribution is -2.01. The average Bonchev–Trinajstić information content (AvgIpc) is 3.82. The number of nitrogens with zero attached hydrogens (tertiary/aromatic N) is 5. The van der Waals surface area contributed by atoms with Crippen LogP contribution in [0.3, 0.4) is 0 Å². The van der Waals surface area contributed by atoms with Crippen molar-refractivity contribution in [3.8, 4) is 56.4 Å². The van der Waals surface area contributed by atoms with E-state index in [4.69, 9.17) is 23.8 Å².